The van der Waals surface area contributed by atoms with Gasteiger partial charge in [0, 0.05) is 13.0 Å². The quantitative estimate of drug-likeness (QED) is 0.480. The van der Waals surface area contributed by atoms with Crippen molar-refractivity contribution >= 4 is 17.8 Å². The van der Waals surface area contributed by atoms with E-state index in [1.54, 1.807) is 4.90 Å². The predicted molar refractivity (Wildman–Crippen MR) is 137 cm³/mol. The fraction of sp³-hybridized carbons (Fsp3) is 0.276. The number of hydrogen-bond donors (Lipinski definition) is 1. The summed E-state index contributed by atoms with van der Waals surface area (Å²) < 4.78 is 11.8. The molecule has 8 nitrogen and oxygen atoms in total. The van der Waals surface area contributed by atoms with E-state index in [2.05, 4.69) is 5.32 Å². The highest BCUT2D eigenvalue weighted by Gasteiger charge is 2.53. The van der Waals surface area contributed by atoms with Crippen molar-refractivity contribution in [3.63, 3.8) is 0 Å². The smallest absolute Gasteiger partial charge is 0.325 e. The van der Waals surface area contributed by atoms with Crippen molar-refractivity contribution in [2.24, 2.45) is 0 Å². The monoisotopic (exact) mass is 499 g/mol. The maximum atomic E-state index is 13.8. The molecule has 2 aliphatic rings. The number of imide groups is 1. The Labute approximate surface area is 215 Å². The minimum atomic E-state index is -1.29. The highest BCUT2D eigenvalue weighted by atomic mass is 16.6. The standard InChI is InChI=1S/C29H29N3O5/c1-2-31(18-23-20-36-24-15-9-10-16-25(24)37-23)26(33)19-32-27(34)29(30-28(32)35,22-13-7-4-8-14-22)17-21-11-5-3-6-12-21/h3-16,23H,2,17-20H2,1H3,(H,30,35)/t23-,29+/m0/s1. The largest absolute Gasteiger partial charge is 0.486 e. The molecule has 37 heavy (non-hydrogen) atoms. The van der Waals surface area contributed by atoms with Crippen molar-refractivity contribution in [3.8, 4) is 11.5 Å². The summed E-state index contributed by atoms with van der Waals surface area (Å²) in [5, 5.41) is 2.91. The highest BCUT2D eigenvalue weighted by molar-refractivity contribution is 6.09. The number of fused-ring (bicyclic) bond motifs is 1. The van der Waals surface area contributed by atoms with E-state index in [0.29, 0.717) is 30.2 Å². The zero-order valence-corrected chi connectivity index (χ0v) is 20.6. The van der Waals surface area contributed by atoms with Crippen molar-refractivity contribution in [1.29, 1.82) is 0 Å². The average molecular weight is 500 g/mol. The van der Waals surface area contributed by atoms with E-state index in [1.165, 1.54) is 0 Å². The Hall–Kier alpha value is -4.33. The van der Waals surface area contributed by atoms with E-state index in [4.69, 9.17) is 9.47 Å². The topological polar surface area (TPSA) is 88.2 Å². The van der Waals surface area contributed by atoms with Crippen molar-refractivity contribution in [3.05, 3.63) is 96.1 Å². The summed E-state index contributed by atoms with van der Waals surface area (Å²) >= 11 is 0. The Morgan fingerprint density at radius 3 is 2.32 bits per heavy atom. The number of para-hydroxylation sites is 2. The summed E-state index contributed by atoms with van der Waals surface area (Å²) in [5.41, 5.74) is 0.283. The summed E-state index contributed by atoms with van der Waals surface area (Å²) in [5.74, 6) is 0.521. The predicted octanol–water partition coefficient (Wildman–Crippen LogP) is 3.36. The second-order valence-corrected chi connectivity index (χ2v) is 9.19. The maximum absolute atomic E-state index is 13.8. The molecule has 0 spiro atoms. The number of urea groups is 1. The van der Waals surface area contributed by atoms with Gasteiger partial charge < -0.3 is 19.7 Å². The molecule has 1 N–H and O–H groups in total. The zero-order chi connectivity index (χ0) is 25.8. The van der Waals surface area contributed by atoms with Gasteiger partial charge in [-0.2, -0.15) is 0 Å². The van der Waals surface area contributed by atoms with Crippen molar-refractivity contribution in [1.82, 2.24) is 15.1 Å². The normalized spacial score (nSPS) is 20.5. The molecule has 0 unspecified atom stereocenters. The van der Waals surface area contributed by atoms with E-state index in [9.17, 15) is 14.4 Å². The number of nitrogens with one attached hydrogen (secondary N) is 1. The van der Waals surface area contributed by atoms with E-state index < -0.39 is 17.5 Å². The molecule has 0 saturated carbocycles. The molecule has 1 fully saturated rings. The van der Waals surface area contributed by atoms with Gasteiger partial charge in [0.1, 0.15) is 13.2 Å². The SMILES string of the molecule is CCN(C[C@H]1COc2ccccc2O1)C(=O)CN1C(=O)N[C@](Cc2ccccc2)(c2ccccc2)C1=O. The number of likely N-dealkylation sites (N-methyl/N-ethyl adjacent to an activating group) is 1. The van der Waals surface area contributed by atoms with Gasteiger partial charge in [0.2, 0.25) is 5.91 Å². The van der Waals surface area contributed by atoms with Crippen LogP contribution in [0.15, 0.2) is 84.9 Å². The Morgan fingerprint density at radius 1 is 0.973 bits per heavy atom. The fourth-order valence-corrected chi connectivity index (χ4v) is 4.85. The van der Waals surface area contributed by atoms with Gasteiger partial charge in [0.25, 0.3) is 5.91 Å². The van der Waals surface area contributed by atoms with Crippen LogP contribution in [0, 0.1) is 0 Å². The van der Waals surface area contributed by atoms with Gasteiger partial charge in [-0.3, -0.25) is 14.5 Å². The molecule has 3 aromatic carbocycles. The lowest BCUT2D eigenvalue weighted by Gasteiger charge is -2.31. The molecule has 0 radical (unpaired) electrons. The summed E-state index contributed by atoms with van der Waals surface area (Å²) in [6.45, 7) is 2.48. The summed E-state index contributed by atoms with van der Waals surface area (Å²) in [6, 6.07) is 25.5. The Kier molecular flexibility index (Phi) is 6.81. The van der Waals surface area contributed by atoms with Crippen LogP contribution in [0.5, 0.6) is 11.5 Å². The first-order valence-corrected chi connectivity index (χ1v) is 12.4. The fourth-order valence-electron chi connectivity index (χ4n) is 4.85. The molecular formula is C29H29N3O5. The lowest BCUT2D eigenvalue weighted by atomic mass is 9.83. The van der Waals surface area contributed by atoms with E-state index in [1.807, 2.05) is 91.9 Å². The lowest BCUT2D eigenvalue weighted by Crippen LogP contribution is -2.49. The van der Waals surface area contributed by atoms with Gasteiger partial charge in [-0.05, 0) is 30.2 Å². The van der Waals surface area contributed by atoms with Gasteiger partial charge in [-0.15, -0.1) is 0 Å². The minimum absolute atomic E-state index is 0.275. The lowest BCUT2D eigenvalue weighted by molar-refractivity contribution is -0.140. The molecule has 1 saturated heterocycles. The first-order valence-electron chi connectivity index (χ1n) is 12.4. The average Bonchev–Trinajstić information content (AvgIpc) is 3.17. The van der Waals surface area contributed by atoms with Gasteiger partial charge >= 0.3 is 6.03 Å². The molecule has 190 valence electrons. The highest BCUT2D eigenvalue weighted by Crippen LogP contribution is 2.33. The first-order chi connectivity index (χ1) is 18.0. The van der Waals surface area contributed by atoms with Crippen LogP contribution in [0.3, 0.4) is 0 Å². The van der Waals surface area contributed by atoms with Crippen LogP contribution in [-0.2, 0) is 21.5 Å². The third kappa shape index (κ3) is 4.87. The molecule has 0 bridgehead atoms. The van der Waals surface area contributed by atoms with E-state index in [0.717, 1.165) is 10.5 Å². The van der Waals surface area contributed by atoms with E-state index >= 15 is 0 Å². The third-order valence-corrected chi connectivity index (χ3v) is 6.77. The van der Waals surface area contributed by atoms with Crippen LogP contribution in [0.2, 0.25) is 0 Å². The van der Waals surface area contributed by atoms with Gasteiger partial charge in [0.05, 0.1) is 6.54 Å². The number of ether oxygens (including phenoxy) is 2. The van der Waals surface area contributed by atoms with Crippen LogP contribution in [-0.4, -0.2) is 60.0 Å². The second-order valence-electron chi connectivity index (χ2n) is 9.19. The number of amides is 4. The van der Waals surface area contributed by atoms with Crippen molar-refractivity contribution in [2.45, 2.75) is 25.0 Å². The third-order valence-electron chi connectivity index (χ3n) is 6.77. The number of carbonyl (C=O) groups excluding carboxylic acids is 3. The second kappa shape index (κ2) is 10.3. The van der Waals surface area contributed by atoms with Crippen molar-refractivity contribution in [2.75, 3.05) is 26.2 Å². The molecule has 0 aliphatic carbocycles. The van der Waals surface area contributed by atoms with Crippen LogP contribution in [0.1, 0.15) is 18.1 Å². The van der Waals surface area contributed by atoms with Gasteiger partial charge in [-0.1, -0.05) is 72.8 Å². The molecule has 2 heterocycles. The summed E-state index contributed by atoms with van der Waals surface area (Å²) in [4.78, 5) is 42.9. The van der Waals surface area contributed by atoms with Crippen LogP contribution in [0.25, 0.3) is 0 Å². The molecule has 5 rings (SSSR count). The zero-order valence-electron chi connectivity index (χ0n) is 20.6. The Balaban J connectivity index is 1.33. The van der Waals surface area contributed by atoms with E-state index in [-0.39, 0.29) is 31.5 Å². The van der Waals surface area contributed by atoms with Crippen LogP contribution in [0.4, 0.5) is 4.79 Å². The molecule has 2 aliphatic heterocycles. The molecule has 2 atom stereocenters. The number of hydrogen-bond acceptors (Lipinski definition) is 5. The maximum Gasteiger partial charge on any atom is 0.325 e. The Bertz CT molecular complexity index is 1280. The summed E-state index contributed by atoms with van der Waals surface area (Å²) in [6.07, 6.45) is -0.0829. The van der Waals surface area contributed by atoms with Crippen LogP contribution >= 0.6 is 0 Å². The molecule has 0 aromatic heterocycles. The Morgan fingerprint density at radius 2 is 1.62 bits per heavy atom. The summed E-state index contributed by atoms with van der Waals surface area (Å²) in [7, 11) is 0. The van der Waals surface area contributed by atoms with Gasteiger partial charge in [-0.25, -0.2) is 4.79 Å². The molecule has 4 amide bonds. The minimum Gasteiger partial charge on any atom is -0.486 e. The number of rotatable bonds is 8. The number of benzene rings is 3. The van der Waals surface area contributed by atoms with Gasteiger partial charge in [0.15, 0.2) is 23.1 Å². The molecular weight excluding hydrogens is 470 g/mol. The van der Waals surface area contributed by atoms with Crippen molar-refractivity contribution < 1.29 is 23.9 Å². The molecule has 8 heteroatoms. The van der Waals surface area contributed by atoms with Crippen LogP contribution < -0.4 is 14.8 Å². The number of nitrogens with zero attached hydrogens (tertiary/aromatic N) is 2. The molecule has 3 aromatic rings. The number of carbonyl (C=O) groups is 3. The first kappa shape index (κ1) is 24.4.